The Kier molecular flexibility index (Phi) is 4.79. The number of likely N-dealkylation sites (tertiary alicyclic amines) is 1. The van der Waals surface area contributed by atoms with Gasteiger partial charge in [-0.3, -0.25) is 4.79 Å². The normalized spacial score (nSPS) is 33.2. The largest absolute Gasteiger partial charge is 0.481 e. The van der Waals surface area contributed by atoms with Crippen LogP contribution in [0.5, 0.6) is 0 Å². The Morgan fingerprint density at radius 3 is 2.33 bits per heavy atom. The number of carbonyl (C=O) groups is 2. The maximum atomic E-state index is 12.3. The topological polar surface area (TPSA) is 69.6 Å². The fourth-order valence-electron chi connectivity index (χ4n) is 3.57. The van der Waals surface area contributed by atoms with Crippen LogP contribution in [-0.4, -0.2) is 41.1 Å². The van der Waals surface area contributed by atoms with Crippen molar-refractivity contribution in [2.45, 2.75) is 58.9 Å². The van der Waals surface area contributed by atoms with E-state index in [0.717, 1.165) is 31.6 Å². The second-order valence-electron chi connectivity index (χ2n) is 7.19. The lowest BCUT2D eigenvalue weighted by Crippen LogP contribution is -2.47. The van der Waals surface area contributed by atoms with E-state index in [-0.39, 0.29) is 18.0 Å². The summed E-state index contributed by atoms with van der Waals surface area (Å²) in [6, 6.07) is 0.172. The number of nitrogens with one attached hydrogen (secondary N) is 1. The molecule has 2 rings (SSSR count). The number of urea groups is 1. The van der Waals surface area contributed by atoms with E-state index < -0.39 is 11.4 Å². The van der Waals surface area contributed by atoms with Gasteiger partial charge in [0.2, 0.25) is 0 Å². The van der Waals surface area contributed by atoms with Crippen molar-refractivity contribution in [1.82, 2.24) is 10.2 Å². The molecule has 1 heterocycles. The average molecular weight is 296 g/mol. The van der Waals surface area contributed by atoms with Gasteiger partial charge in [-0.15, -0.1) is 0 Å². The molecule has 1 aliphatic carbocycles. The SMILES string of the molecule is CC1CCC(NC(=O)N2CCC(C(=O)O)(C(C)C)C2)CC1. The molecule has 21 heavy (non-hydrogen) atoms. The maximum absolute atomic E-state index is 12.3. The van der Waals surface area contributed by atoms with Crippen molar-refractivity contribution in [3.05, 3.63) is 0 Å². The number of hydrogen-bond donors (Lipinski definition) is 2. The molecule has 5 heteroatoms. The molecule has 0 radical (unpaired) electrons. The van der Waals surface area contributed by atoms with Gasteiger partial charge in [-0.05, 0) is 43.9 Å². The molecule has 5 nitrogen and oxygen atoms in total. The summed E-state index contributed by atoms with van der Waals surface area (Å²) in [5.41, 5.74) is -0.779. The molecule has 2 aliphatic rings. The predicted molar refractivity (Wildman–Crippen MR) is 81.0 cm³/mol. The number of carbonyl (C=O) groups excluding carboxylic acids is 1. The Hall–Kier alpha value is -1.26. The van der Waals surface area contributed by atoms with Crippen molar-refractivity contribution < 1.29 is 14.7 Å². The van der Waals surface area contributed by atoms with Crippen LogP contribution in [0.3, 0.4) is 0 Å². The van der Waals surface area contributed by atoms with E-state index in [1.54, 1.807) is 4.90 Å². The Morgan fingerprint density at radius 1 is 1.24 bits per heavy atom. The van der Waals surface area contributed by atoms with Crippen LogP contribution in [0, 0.1) is 17.3 Å². The first-order chi connectivity index (χ1) is 9.85. The summed E-state index contributed by atoms with van der Waals surface area (Å²) < 4.78 is 0. The van der Waals surface area contributed by atoms with Gasteiger partial charge in [0.1, 0.15) is 0 Å². The Balaban J connectivity index is 1.91. The third-order valence-electron chi connectivity index (χ3n) is 5.46. The molecule has 120 valence electrons. The van der Waals surface area contributed by atoms with Crippen LogP contribution in [0.15, 0.2) is 0 Å². The molecular weight excluding hydrogens is 268 g/mol. The molecular formula is C16H28N2O3. The summed E-state index contributed by atoms with van der Waals surface area (Å²) in [7, 11) is 0. The lowest BCUT2D eigenvalue weighted by molar-refractivity contribution is -0.150. The maximum Gasteiger partial charge on any atom is 0.317 e. The molecule has 0 aromatic rings. The van der Waals surface area contributed by atoms with Crippen LogP contribution in [0.4, 0.5) is 4.79 Å². The Bertz CT molecular complexity index is 402. The van der Waals surface area contributed by atoms with Gasteiger partial charge in [-0.2, -0.15) is 0 Å². The molecule has 1 saturated heterocycles. The van der Waals surface area contributed by atoms with Crippen LogP contribution >= 0.6 is 0 Å². The van der Waals surface area contributed by atoms with E-state index in [2.05, 4.69) is 12.2 Å². The van der Waals surface area contributed by atoms with Crippen molar-refractivity contribution in [1.29, 1.82) is 0 Å². The van der Waals surface area contributed by atoms with Crippen molar-refractivity contribution in [3.8, 4) is 0 Å². The van der Waals surface area contributed by atoms with Gasteiger partial charge < -0.3 is 15.3 Å². The van der Waals surface area contributed by atoms with Crippen molar-refractivity contribution in [2.75, 3.05) is 13.1 Å². The fourth-order valence-corrected chi connectivity index (χ4v) is 3.57. The van der Waals surface area contributed by atoms with Gasteiger partial charge in [0.05, 0.1) is 5.41 Å². The Labute approximate surface area is 127 Å². The predicted octanol–water partition coefficient (Wildman–Crippen LogP) is 2.71. The first-order valence-electron chi connectivity index (χ1n) is 8.14. The number of aliphatic carboxylic acids is 1. The van der Waals surface area contributed by atoms with Gasteiger partial charge in [-0.1, -0.05) is 20.8 Å². The summed E-state index contributed by atoms with van der Waals surface area (Å²) >= 11 is 0. The lowest BCUT2D eigenvalue weighted by atomic mass is 9.76. The summed E-state index contributed by atoms with van der Waals surface area (Å²) in [4.78, 5) is 25.6. The molecule has 2 N–H and O–H groups in total. The van der Waals surface area contributed by atoms with E-state index in [0.29, 0.717) is 19.5 Å². The molecule has 2 amide bonds. The van der Waals surface area contributed by atoms with Gasteiger partial charge >= 0.3 is 12.0 Å². The van der Waals surface area contributed by atoms with E-state index in [9.17, 15) is 14.7 Å². The van der Waals surface area contributed by atoms with E-state index >= 15 is 0 Å². The lowest BCUT2D eigenvalue weighted by Gasteiger charge is -2.31. The number of amides is 2. The number of carboxylic acid groups (broad SMARTS) is 1. The highest BCUT2D eigenvalue weighted by atomic mass is 16.4. The van der Waals surface area contributed by atoms with Gasteiger partial charge in [-0.25, -0.2) is 4.79 Å². The fraction of sp³-hybridized carbons (Fsp3) is 0.875. The smallest absolute Gasteiger partial charge is 0.317 e. The van der Waals surface area contributed by atoms with E-state index in [1.165, 1.54) is 0 Å². The molecule has 0 spiro atoms. The van der Waals surface area contributed by atoms with Crippen molar-refractivity contribution in [2.24, 2.45) is 17.3 Å². The Morgan fingerprint density at radius 2 is 1.86 bits per heavy atom. The molecule has 1 unspecified atom stereocenters. The molecule has 2 fully saturated rings. The second kappa shape index (κ2) is 6.24. The van der Waals surface area contributed by atoms with Gasteiger partial charge in [0.25, 0.3) is 0 Å². The second-order valence-corrected chi connectivity index (χ2v) is 7.19. The first kappa shape index (κ1) is 16.1. The third-order valence-corrected chi connectivity index (χ3v) is 5.46. The van der Waals surface area contributed by atoms with E-state index in [4.69, 9.17) is 0 Å². The average Bonchev–Trinajstić information content (AvgIpc) is 2.88. The van der Waals surface area contributed by atoms with Crippen molar-refractivity contribution in [3.63, 3.8) is 0 Å². The molecule has 1 atom stereocenters. The van der Waals surface area contributed by atoms with Crippen LogP contribution in [0.1, 0.15) is 52.9 Å². The standard InChI is InChI=1S/C16H28N2O3/c1-11(2)16(14(19)20)8-9-18(10-16)15(21)17-13-6-4-12(3)5-7-13/h11-13H,4-10H2,1-3H3,(H,17,21)(H,19,20). The van der Waals surface area contributed by atoms with Crippen molar-refractivity contribution >= 4 is 12.0 Å². The highest BCUT2D eigenvalue weighted by Crippen LogP contribution is 2.38. The van der Waals surface area contributed by atoms with E-state index in [1.807, 2.05) is 13.8 Å². The highest BCUT2D eigenvalue weighted by molar-refractivity contribution is 5.80. The van der Waals surface area contributed by atoms with Crippen LogP contribution in [-0.2, 0) is 4.79 Å². The van der Waals surface area contributed by atoms with Crippen LogP contribution in [0.2, 0.25) is 0 Å². The minimum absolute atomic E-state index is 0.0309. The monoisotopic (exact) mass is 296 g/mol. The van der Waals surface area contributed by atoms with Crippen LogP contribution < -0.4 is 5.32 Å². The summed E-state index contributed by atoms with van der Waals surface area (Å²) in [6.07, 6.45) is 4.95. The zero-order valence-electron chi connectivity index (χ0n) is 13.4. The summed E-state index contributed by atoms with van der Waals surface area (Å²) in [5, 5.41) is 12.6. The zero-order chi connectivity index (χ0) is 15.6. The van der Waals surface area contributed by atoms with Gasteiger partial charge in [0.15, 0.2) is 0 Å². The molecule has 0 aromatic carbocycles. The van der Waals surface area contributed by atoms with Crippen LogP contribution in [0.25, 0.3) is 0 Å². The third kappa shape index (κ3) is 3.33. The number of hydrogen-bond acceptors (Lipinski definition) is 2. The minimum atomic E-state index is -0.779. The molecule has 1 aliphatic heterocycles. The quantitative estimate of drug-likeness (QED) is 0.841. The molecule has 1 saturated carbocycles. The first-order valence-corrected chi connectivity index (χ1v) is 8.14. The molecule has 0 bridgehead atoms. The van der Waals surface area contributed by atoms with Gasteiger partial charge in [0, 0.05) is 19.1 Å². The number of rotatable bonds is 3. The summed E-state index contributed by atoms with van der Waals surface area (Å²) in [6.45, 7) is 6.98. The molecule has 0 aromatic heterocycles. The number of nitrogens with zero attached hydrogens (tertiary/aromatic N) is 1. The minimum Gasteiger partial charge on any atom is -0.481 e. The summed E-state index contributed by atoms with van der Waals surface area (Å²) in [5.74, 6) is 0.00756. The highest BCUT2D eigenvalue weighted by Gasteiger charge is 2.48. The number of carboxylic acids is 1. The zero-order valence-corrected chi connectivity index (χ0v) is 13.4.